The third kappa shape index (κ3) is 1.69. The van der Waals surface area contributed by atoms with Crippen molar-refractivity contribution in [2.75, 3.05) is 14.1 Å². The first-order valence-electron chi connectivity index (χ1n) is 4.84. The minimum absolute atomic E-state index is 0.403. The number of esters is 2. The number of carbonyl (C=O) groups excluding carboxylic acids is 2. The number of cyclic esters (lactones) is 2. The van der Waals surface area contributed by atoms with Crippen molar-refractivity contribution in [2.45, 2.75) is 0 Å². The monoisotopic (exact) mass is 217 g/mol. The van der Waals surface area contributed by atoms with Crippen molar-refractivity contribution in [1.29, 1.82) is 0 Å². The highest BCUT2D eigenvalue weighted by molar-refractivity contribution is 6.25. The molecule has 2 rings (SSSR count). The fourth-order valence-corrected chi connectivity index (χ4v) is 1.58. The molecule has 0 aromatic heterocycles. The second-order valence-electron chi connectivity index (χ2n) is 3.73. The van der Waals surface area contributed by atoms with Crippen LogP contribution >= 0.6 is 0 Å². The van der Waals surface area contributed by atoms with E-state index in [4.69, 9.17) is 0 Å². The molecule has 16 heavy (non-hydrogen) atoms. The molecule has 1 heterocycles. The van der Waals surface area contributed by atoms with Gasteiger partial charge in [0, 0.05) is 25.9 Å². The van der Waals surface area contributed by atoms with Gasteiger partial charge in [-0.1, -0.05) is 18.2 Å². The summed E-state index contributed by atoms with van der Waals surface area (Å²) in [4.78, 5) is 24.7. The average molecular weight is 217 g/mol. The van der Waals surface area contributed by atoms with Gasteiger partial charge in [-0.3, -0.25) is 0 Å². The van der Waals surface area contributed by atoms with Gasteiger partial charge >= 0.3 is 11.9 Å². The fourth-order valence-electron chi connectivity index (χ4n) is 1.58. The quantitative estimate of drug-likeness (QED) is 0.404. The second-order valence-corrected chi connectivity index (χ2v) is 3.73. The van der Waals surface area contributed by atoms with Crippen molar-refractivity contribution >= 4 is 17.5 Å². The van der Waals surface area contributed by atoms with Gasteiger partial charge in [0.05, 0.1) is 11.1 Å². The molecule has 0 amide bonds. The Bertz CT molecular complexity index is 489. The van der Waals surface area contributed by atoms with Crippen molar-refractivity contribution in [1.82, 2.24) is 4.90 Å². The first kappa shape index (κ1) is 10.4. The third-order valence-corrected chi connectivity index (χ3v) is 2.23. The van der Waals surface area contributed by atoms with Crippen LogP contribution in [0.4, 0.5) is 0 Å². The molecule has 0 saturated carbocycles. The van der Waals surface area contributed by atoms with Crippen LogP contribution in [-0.2, 0) is 9.53 Å². The van der Waals surface area contributed by atoms with E-state index in [1.165, 1.54) is 0 Å². The Morgan fingerprint density at radius 3 is 2.31 bits per heavy atom. The fraction of sp³-hybridized carbons (Fsp3) is 0.167. The molecule has 4 heteroatoms. The molecule has 0 atom stereocenters. The lowest BCUT2D eigenvalue weighted by Gasteiger charge is -2.18. The summed E-state index contributed by atoms with van der Waals surface area (Å²) in [5.74, 6) is -1.19. The third-order valence-electron chi connectivity index (χ3n) is 2.23. The van der Waals surface area contributed by atoms with Crippen molar-refractivity contribution in [3.05, 3.63) is 41.6 Å². The van der Waals surface area contributed by atoms with Gasteiger partial charge in [-0.05, 0) is 6.07 Å². The Morgan fingerprint density at radius 2 is 1.69 bits per heavy atom. The summed E-state index contributed by atoms with van der Waals surface area (Å²) in [6, 6.07) is 6.91. The number of carbonyl (C=O) groups is 2. The predicted octanol–water partition coefficient (Wildman–Crippen LogP) is 1.29. The number of benzene rings is 1. The van der Waals surface area contributed by atoms with Crippen LogP contribution in [0.2, 0.25) is 0 Å². The Balaban J connectivity index is 2.60. The van der Waals surface area contributed by atoms with Crippen LogP contribution in [0.3, 0.4) is 0 Å². The topological polar surface area (TPSA) is 46.6 Å². The molecule has 0 fully saturated rings. The Morgan fingerprint density at radius 1 is 1.06 bits per heavy atom. The van der Waals surface area contributed by atoms with Crippen molar-refractivity contribution < 1.29 is 14.3 Å². The van der Waals surface area contributed by atoms with Gasteiger partial charge in [-0.2, -0.15) is 0 Å². The highest BCUT2D eigenvalue weighted by atomic mass is 16.6. The maximum atomic E-state index is 11.6. The number of hydrogen-bond donors (Lipinski definition) is 0. The van der Waals surface area contributed by atoms with Gasteiger partial charge in [0.25, 0.3) is 0 Å². The molecule has 4 nitrogen and oxygen atoms in total. The van der Waals surface area contributed by atoms with Gasteiger partial charge in [-0.25, -0.2) is 9.59 Å². The van der Waals surface area contributed by atoms with Crippen LogP contribution < -0.4 is 0 Å². The number of fused-ring (bicyclic) bond motifs is 1. The molecule has 0 bridgehead atoms. The zero-order valence-electron chi connectivity index (χ0n) is 9.06. The van der Waals surface area contributed by atoms with Gasteiger partial charge in [0.2, 0.25) is 0 Å². The van der Waals surface area contributed by atoms with E-state index in [1.807, 2.05) is 0 Å². The van der Waals surface area contributed by atoms with E-state index in [0.29, 0.717) is 16.7 Å². The molecule has 0 aliphatic carbocycles. The lowest BCUT2D eigenvalue weighted by Crippen LogP contribution is -2.23. The molecule has 1 aliphatic rings. The molecule has 1 aromatic carbocycles. The summed E-state index contributed by atoms with van der Waals surface area (Å²) < 4.78 is 4.65. The number of nitrogens with zero attached hydrogens (tertiary/aromatic N) is 1. The summed E-state index contributed by atoms with van der Waals surface area (Å²) in [5.41, 5.74) is 1.45. The van der Waals surface area contributed by atoms with Crippen molar-refractivity contribution in [3.63, 3.8) is 0 Å². The van der Waals surface area contributed by atoms with Crippen LogP contribution in [0.15, 0.2) is 30.5 Å². The van der Waals surface area contributed by atoms with E-state index in [2.05, 4.69) is 4.74 Å². The minimum atomic E-state index is -0.600. The Labute approximate surface area is 93.1 Å². The molecule has 0 unspecified atom stereocenters. The van der Waals surface area contributed by atoms with Gasteiger partial charge in [0.1, 0.15) is 0 Å². The predicted molar refractivity (Wildman–Crippen MR) is 58.5 cm³/mol. The minimum Gasteiger partial charge on any atom is -0.386 e. The highest BCUT2D eigenvalue weighted by Crippen LogP contribution is 2.26. The molecule has 0 N–H and O–H groups in total. The lowest BCUT2D eigenvalue weighted by atomic mass is 9.98. The zero-order chi connectivity index (χ0) is 11.7. The van der Waals surface area contributed by atoms with Crippen LogP contribution in [0.5, 0.6) is 0 Å². The van der Waals surface area contributed by atoms with Crippen LogP contribution in [-0.4, -0.2) is 30.9 Å². The van der Waals surface area contributed by atoms with E-state index < -0.39 is 11.9 Å². The van der Waals surface area contributed by atoms with Gasteiger partial charge in [0.15, 0.2) is 0 Å². The first-order valence-corrected chi connectivity index (χ1v) is 4.84. The molecular formula is C12H11NO3. The van der Waals surface area contributed by atoms with E-state index in [1.54, 1.807) is 49.5 Å². The average Bonchev–Trinajstić information content (AvgIpc) is 2.24. The molecule has 82 valence electrons. The van der Waals surface area contributed by atoms with Crippen LogP contribution in [0.1, 0.15) is 15.9 Å². The van der Waals surface area contributed by atoms with Crippen LogP contribution in [0, 0.1) is 0 Å². The number of hydrogen-bond acceptors (Lipinski definition) is 4. The number of ether oxygens (including phenoxy) is 1. The maximum Gasteiger partial charge on any atom is 0.348 e. The van der Waals surface area contributed by atoms with E-state index >= 15 is 0 Å². The van der Waals surface area contributed by atoms with Gasteiger partial charge < -0.3 is 9.64 Å². The smallest absolute Gasteiger partial charge is 0.348 e. The lowest BCUT2D eigenvalue weighted by molar-refractivity contribution is -0.131. The van der Waals surface area contributed by atoms with E-state index in [-0.39, 0.29) is 0 Å². The molecular weight excluding hydrogens is 206 g/mol. The summed E-state index contributed by atoms with van der Waals surface area (Å²) in [6.45, 7) is 0. The van der Waals surface area contributed by atoms with E-state index in [9.17, 15) is 9.59 Å². The largest absolute Gasteiger partial charge is 0.386 e. The molecule has 0 spiro atoms. The van der Waals surface area contributed by atoms with Crippen LogP contribution in [0.25, 0.3) is 5.57 Å². The summed E-state index contributed by atoms with van der Waals surface area (Å²) in [6.07, 6.45) is 1.65. The zero-order valence-corrected chi connectivity index (χ0v) is 9.06. The Kier molecular flexibility index (Phi) is 2.48. The van der Waals surface area contributed by atoms with Crippen molar-refractivity contribution in [2.24, 2.45) is 0 Å². The highest BCUT2D eigenvalue weighted by Gasteiger charge is 2.29. The normalized spacial score (nSPS) is 17.0. The number of rotatable bonds is 1. The molecule has 0 saturated heterocycles. The summed E-state index contributed by atoms with van der Waals surface area (Å²) in [5, 5.41) is 0. The molecule has 1 aromatic rings. The van der Waals surface area contributed by atoms with Gasteiger partial charge in [-0.15, -0.1) is 0 Å². The maximum absolute atomic E-state index is 11.6. The second kappa shape index (κ2) is 3.81. The van der Waals surface area contributed by atoms with Crippen molar-refractivity contribution in [3.8, 4) is 0 Å². The molecule has 1 aliphatic heterocycles. The summed E-state index contributed by atoms with van der Waals surface area (Å²) >= 11 is 0. The Hall–Kier alpha value is -2.10. The van der Waals surface area contributed by atoms with E-state index in [0.717, 1.165) is 0 Å². The molecule has 0 radical (unpaired) electrons. The summed E-state index contributed by atoms with van der Waals surface area (Å²) in [7, 11) is 3.61. The standard InChI is InChI=1S/C12H11NO3/c1-13(2)7-10-8-5-3-4-6-9(8)11(14)16-12(10)15/h3-7H,1-2H3/b10-7-. The SMILES string of the molecule is CN(C)/C=C1\C(=O)OC(=O)c2ccccc21. The first-order chi connectivity index (χ1) is 7.59.